The molecule has 1 aromatic carbocycles. The van der Waals surface area contributed by atoms with Crippen LogP contribution in [0, 0.1) is 0 Å². The molecule has 0 aliphatic rings. The van der Waals surface area contributed by atoms with Crippen LogP contribution in [0.1, 0.15) is 31.9 Å². The molecule has 0 fully saturated rings. The minimum Gasteiger partial charge on any atom is -0.370 e. The normalized spacial score (nSPS) is 14.9. The maximum atomic E-state index is 5.91. The number of alkyl halides is 1. The summed E-state index contributed by atoms with van der Waals surface area (Å²) in [6.45, 7) is 4.24. The van der Waals surface area contributed by atoms with Gasteiger partial charge in [-0.15, -0.1) is 0 Å². The average Bonchev–Trinajstić information content (AvgIpc) is 2.27. The second kappa shape index (κ2) is 6.66. The third kappa shape index (κ3) is 4.25. The van der Waals surface area contributed by atoms with Crippen LogP contribution in [-0.2, 0) is 4.74 Å². The lowest BCUT2D eigenvalue weighted by molar-refractivity contribution is 0.00884. The van der Waals surface area contributed by atoms with E-state index in [0.29, 0.717) is 6.10 Å². The first kappa shape index (κ1) is 13.2. The third-order valence-corrected chi connectivity index (χ3v) is 3.47. The summed E-state index contributed by atoms with van der Waals surface area (Å²) in [7, 11) is 0. The van der Waals surface area contributed by atoms with Crippen molar-refractivity contribution in [2.75, 3.05) is 5.33 Å². The fourth-order valence-corrected chi connectivity index (χ4v) is 2.05. The molecule has 0 saturated heterocycles. The van der Waals surface area contributed by atoms with Crippen molar-refractivity contribution in [2.24, 2.45) is 0 Å². The second-order valence-electron chi connectivity index (χ2n) is 3.55. The lowest BCUT2D eigenvalue weighted by atomic mass is 10.1. The highest BCUT2D eigenvalue weighted by Crippen LogP contribution is 2.23. The van der Waals surface area contributed by atoms with Crippen molar-refractivity contribution in [3.8, 4) is 0 Å². The zero-order chi connectivity index (χ0) is 11.3. The van der Waals surface area contributed by atoms with E-state index < -0.39 is 0 Å². The number of ether oxygens (including phenoxy) is 1. The van der Waals surface area contributed by atoms with Crippen molar-refractivity contribution >= 4 is 31.9 Å². The first-order chi connectivity index (χ1) is 7.17. The number of rotatable bonds is 5. The van der Waals surface area contributed by atoms with Crippen LogP contribution in [-0.4, -0.2) is 11.4 Å². The highest BCUT2D eigenvalue weighted by molar-refractivity contribution is 9.10. The van der Waals surface area contributed by atoms with Crippen LogP contribution in [0.3, 0.4) is 0 Å². The molecule has 0 spiro atoms. The van der Waals surface area contributed by atoms with Gasteiger partial charge >= 0.3 is 0 Å². The van der Waals surface area contributed by atoms with E-state index in [1.54, 1.807) is 0 Å². The van der Waals surface area contributed by atoms with Gasteiger partial charge in [0.2, 0.25) is 0 Å². The number of halogens is 2. The Bertz CT molecular complexity index is 284. The molecular weight excluding hydrogens is 320 g/mol. The van der Waals surface area contributed by atoms with Crippen LogP contribution >= 0.6 is 31.9 Å². The summed E-state index contributed by atoms with van der Waals surface area (Å²) in [5.41, 5.74) is 1.22. The summed E-state index contributed by atoms with van der Waals surface area (Å²) in [4.78, 5) is 0. The van der Waals surface area contributed by atoms with Crippen LogP contribution in [0.15, 0.2) is 28.7 Å². The van der Waals surface area contributed by atoms with Crippen molar-refractivity contribution in [1.82, 2.24) is 0 Å². The Labute approximate surface area is 108 Å². The van der Waals surface area contributed by atoms with E-state index in [-0.39, 0.29) is 6.10 Å². The van der Waals surface area contributed by atoms with Gasteiger partial charge in [-0.3, -0.25) is 0 Å². The molecule has 0 N–H and O–H groups in total. The molecule has 0 heterocycles. The fourth-order valence-electron chi connectivity index (χ4n) is 1.26. The molecule has 1 aromatic rings. The number of hydrogen-bond donors (Lipinski definition) is 0. The summed E-state index contributed by atoms with van der Waals surface area (Å²) < 4.78 is 7.01. The summed E-state index contributed by atoms with van der Waals surface area (Å²) in [6, 6.07) is 8.28. The summed E-state index contributed by atoms with van der Waals surface area (Å²) in [5, 5.41) is 0.832. The molecule has 15 heavy (non-hydrogen) atoms. The van der Waals surface area contributed by atoms with Gasteiger partial charge in [-0.25, -0.2) is 0 Å². The smallest absolute Gasteiger partial charge is 0.0925 e. The fraction of sp³-hybridized carbons (Fsp3) is 0.500. The highest BCUT2D eigenvalue weighted by Gasteiger charge is 2.13. The molecule has 84 valence electrons. The van der Waals surface area contributed by atoms with Crippen molar-refractivity contribution in [3.63, 3.8) is 0 Å². The van der Waals surface area contributed by atoms with Gasteiger partial charge in [-0.05, 0) is 31.0 Å². The van der Waals surface area contributed by atoms with E-state index in [2.05, 4.69) is 57.8 Å². The van der Waals surface area contributed by atoms with Crippen LogP contribution in [0.2, 0.25) is 0 Å². The Kier molecular flexibility index (Phi) is 5.87. The molecule has 0 aliphatic carbocycles. The minimum atomic E-state index is 0.146. The third-order valence-electron chi connectivity index (χ3n) is 2.35. The largest absolute Gasteiger partial charge is 0.370 e. The van der Waals surface area contributed by atoms with Gasteiger partial charge < -0.3 is 4.74 Å². The molecule has 0 amide bonds. The van der Waals surface area contributed by atoms with E-state index >= 15 is 0 Å². The Morgan fingerprint density at radius 1 is 1.27 bits per heavy atom. The Hall–Kier alpha value is 0.140. The highest BCUT2D eigenvalue weighted by atomic mass is 79.9. The lowest BCUT2D eigenvalue weighted by Gasteiger charge is -2.20. The maximum absolute atomic E-state index is 5.91. The Morgan fingerprint density at radius 3 is 2.33 bits per heavy atom. The maximum Gasteiger partial charge on any atom is 0.0925 e. The first-order valence-electron chi connectivity index (χ1n) is 5.14. The number of hydrogen-bond acceptors (Lipinski definition) is 1. The monoisotopic (exact) mass is 334 g/mol. The van der Waals surface area contributed by atoms with Crippen LogP contribution in [0.4, 0.5) is 0 Å². The van der Waals surface area contributed by atoms with Gasteiger partial charge in [0.1, 0.15) is 0 Å². The molecule has 0 bridgehead atoms. The SMILES string of the molecule is CCC(C)OC(CBr)c1ccc(Br)cc1. The van der Waals surface area contributed by atoms with E-state index in [1.165, 1.54) is 5.56 Å². The predicted octanol–water partition coefficient (Wildman–Crippen LogP) is 4.70. The topological polar surface area (TPSA) is 9.23 Å². The molecule has 0 aromatic heterocycles. The van der Waals surface area contributed by atoms with Gasteiger partial charge in [0.05, 0.1) is 12.2 Å². The summed E-state index contributed by atoms with van der Waals surface area (Å²) >= 11 is 6.92. The molecule has 0 saturated carbocycles. The molecule has 2 atom stereocenters. The molecule has 1 nitrogen and oxygen atoms in total. The average molecular weight is 336 g/mol. The van der Waals surface area contributed by atoms with Crippen molar-refractivity contribution in [3.05, 3.63) is 34.3 Å². The zero-order valence-corrected chi connectivity index (χ0v) is 12.2. The first-order valence-corrected chi connectivity index (χ1v) is 7.05. The molecule has 3 heteroatoms. The van der Waals surface area contributed by atoms with E-state index in [4.69, 9.17) is 4.74 Å². The number of benzene rings is 1. The van der Waals surface area contributed by atoms with Crippen LogP contribution in [0.5, 0.6) is 0 Å². The Morgan fingerprint density at radius 2 is 1.87 bits per heavy atom. The standard InChI is InChI=1S/C12H16Br2O/c1-3-9(2)15-12(8-13)10-4-6-11(14)7-5-10/h4-7,9,12H,3,8H2,1-2H3. The zero-order valence-electron chi connectivity index (χ0n) is 9.04. The van der Waals surface area contributed by atoms with Crippen molar-refractivity contribution in [2.45, 2.75) is 32.5 Å². The van der Waals surface area contributed by atoms with Crippen LogP contribution in [0.25, 0.3) is 0 Å². The van der Waals surface area contributed by atoms with Gasteiger partial charge in [0.25, 0.3) is 0 Å². The Balaban J connectivity index is 2.69. The van der Waals surface area contributed by atoms with E-state index in [0.717, 1.165) is 16.2 Å². The van der Waals surface area contributed by atoms with Crippen molar-refractivity contribution in [1.29, 1.82) is 0 Å². The molecular formula is C12H16Br2O. The predicted molar refractivity (Wildman–Crippen MR) is 71.5 cm³/mol. The van der Waals surface area contributed by atoms with E-state index in [9.17, 15) is 0 Å². The molecule has 0 radical (unpaired) electrons. The lowest BCUT2D eigenvalue weighted by Crippen LogP contribution is -2.13. The van der Waals surface area contributed by atoms with Crippen molar-refractivity contribution < 1.29 is 4.74 Å². The molecule has 0 aliphatic heterocycles. The summed E-state index contributed by atoms with van der Waals surface area (Å²) in [6.07, 6.45) is 1.49. The van der Waals surface area contributed by atoms with E-state index in [1.807, 2.05) is 12.1 Å². The van der Waals surface area contributed by atoms with Gasteiger partial charge in [0, 0.05) is 9.80 Å². The summed E-state index contributed by atoms with van der Waals surface area (Å²) in [5.74, 6) is 0. The van der Waals surface area contributed by atoms with Gasteiger partial charge in [0.15, 0.2) is 0 Å². The van der Waals surface area contributed by atoms with Crippen LogP contribution < -0.4 is 0 Å². The quantitative estimate of drug-likeness (QED) is 0.708. The second-order valence-corrected chi connectivity index (χ2v) is 5.11. The molecule has 2 unspecified atom stereocenters. The van der Waals surface area contributed by atoms with Gasteiger partial charge in [-0.1, -0.05) is 50.9 Å². The molecule has 1 rings (SSSR count). The minimum absolute atomic E-state index is 0.146. The van der Waals surface area contributed by atoms with Gasteiger partial charge in [-0.2, -0.15) is 0 Å².